The minimum atomic E-state index is 0.154. The molecule has 58 valence electrons. The number of nitrogens with two attached hydrogens (primary N) is 2. The lowest BCUT2D eigenvalue weighted by atomic mass is 10.1. The Hall–Kier alpha value is -1.09. The quantitative estimate of drug-likeness (QED) is 0.568. The molecule has 3 nitrogen and oxygen atoms in total. The molecule has 0 aliphatic heterocycles. The molecule has 1 heterocycles. The first kappa shape index (κ1) is 6.61. The van der Waals surface area contributed by atoms with Gasteiger partial charge in [-0.25, -0.2) is 0 Å². The van der Waals surface area contributed by atoms with Crippen LogP contribution >= 0.6 is 0 Å². The molecule has 0 unspecified atom stereocenters. The van der Waals surface area contributed by atoms with Gasteiger partial charge in [-0.3, -0.25) is 4.98 Å². The summed E-state index contributed by atoms with van der Waals surface area (Å²) in [4.78, 5) is 4.20. The van der Waals surface area contributed by atoms with Crippen LogP contribution in [0.1, 0.15) is 23.7 Å². The van der Waals surface area contributed by atoms with E-state index in [0.29, 0.717) is 5.69 Å². The topological polar surface area (TPSA) is 64.9 Å². The lowest BCUT2D eigenvalue weighted by Crippen LogP contribution is -2.05. The van der Waals surface area contributed by atoms with Crippen molar-refractivity contribution in [2.75, 3.05) is 5.73 Å². The number of fused-ring (bicyclic) bond motifs is 1. The highest BCUT2D eigenvalue weighted by Gasteiger charge is 2.19. The van der Waals surface area contributed by atoms with Gasteiger partial charge in [0.2, 0.25) is 0 Å². The van der Waals surface area contributed by atoms with Crippen LogP contribution in [-0.4, -0.2) is 4.98 Å². The molecule has 1 aromatic rings. The highest BCUT2D eigenvalue weighted by atomic mass is 14.8. The first-order chi connectivity index (χ1) is 5.27. The second-order valence-corrected chi connectivity index (χ2v) is 2.95. The number of nitrogen functional groups attached to an aromatic ring is 1. The molecule has 4 N–H and O–H groups in total. The monoisotopic (exact) mass is 149 g/mol. The molecular formula is C8H11N3. The summed E-state index contributed by atoms with van der Waals surface area (Å²) in [6, 6.07) is 2.08. The van der Waals surface area contributed by atoms with E-state index >= 15 is 0 Å². The smallest absolute Gasteiger partial charge is 0.0504 e. The fourth-order valence-electron chi connectivity index (χ4n) is 1.50. The van der Waals surface area contributed by atoms with E-state index in [-0.39, 0.29) is 6.04 Å². The van der Waals surface area contributed by atoms with Crippen molar-refractivity contribution in [3.63, 3.8) is 0 Å². The van der Waals surface area contributed by atoms with E-state index in [1.165, 1.54) is 0 Å². The van der Waals surface area contributed by atoms with Crippen molar-refractivity contribution in [1.29, 1.82) is 0 Å². The number of aromatic nitrogens is 1. The fraction of sp³-hybridized carbons (Fsp3) is 0.375. The summed E-state index contributed by atoms with van der Waals surface area (Å²) < 4.78 is 0. The van der Waals surface area contributed by atoms with Gasteiger partial charge < -0.3 is 11.5 Å². The molecule has 0 bridgehead atoms. The van der Waals surface area contributed by atoms with Gasteiger partial charge in [0.15, 0.2) is 0 Å². The van der Waals surface area contributed by atoms with Crippen LogP contribution in [0.25, 0.3) is 0 Å². The van der Waals surface area contributed by atoms with Crippen molar-refractivity contribution >= 4 is 5.69 Å². The summed E-state index contributed by atoms with van der Waals surface area (Å²) >= 11 is 0. The average molecular weight is 149 g/mol. The van der Waals surface area contributed by atoms with Crippen LogP contribution in [0.3, 0.4) is 0 Å². The van der Waals surface area contributed by atoms with E-state index in [1.54, 1.807) is 6.20 Å². The fourth-order valence-corrected chi connectivity index (χ4v) is 1.50. The second-order valence-electron chi connectivity index (χ2n) is 2.95. The predicted molar refractivity (Wildman–Crippen MR) is 43.9 cm³/mol. The molecule has 1 atom stereocenters. The third kappa shape index (κ3) is 0.973. The summed E-state index contributed by atoms with van der Waals surface area (Å²) in [6.07, 6.45) is 3.69. The summed E-state index contributed by atoms with van der Waals surface area (Å²) in [7, 11) is 0. The molecule has 0 fully saturated rings. The lowest BCUT2D eigenvalue weighted by molar-refractivity contribution is 0.713. The minimum absolute atomic E-state index is 0.154. The largest absolute Gasteiger partial charge is 0.397 e. The van der Waals surface area contributed by atoms with Gasteiger partial charge in [-0.05, 0) is 24.5 Å². The van der Waals surface area contributed by atoms with Gasteiger partial charge in [-0.2, -0.15) is 0 Å². The van der Waals surface area contributed by atoms with Gasteiger partial charge in [0.05, 0.1) is 11.9 Å². The van der Waals surface area contributed by atoms with E-state index in [9.17, 15) is 0 Å². The minimum Gasteiger partial charge on any atom is -0.397 e. The number of hydrogen-bond acceptors (Lipinski definition) is 3. The van der Waals surface area contributed by atoms with Crippen molar-refractivity contribution < 1.29 is 0 Å². The first-order valence-corrected chi connectivity index (χ1v) is 3.77. The van der Waals surface area contributed by atoms with Crippen LogP contribution in [0.4, 0.5) is 5.69 Å². The summed E-state index contributed by atoms with van der Waals surface area (Å²) in [5.74, 6) is 0. The second kappa shape index (κ2) is 2.20. The third-order valence-electron chi connectivity index (χ3n) is 2.12. The van der Waals surface area contributed by atoms with Crippen LogP contribution < -0.4 is 11.5 Å². The van der Waals surface area contributed by atoms with E-state index in [2.05, 4.69) is 4.98 Å². The Bertz CT molecular complexity index is 283. The van der Waals surface area contributed by atoms with E-state index in [4.69, 9.17) is 11.5 Å². The maximum absolute atomic E-state index is 5.82. The molecule has 11 heavy (non-hydrogen) atoms. The Morgan fingerprint density at radius 1 is 1.55 bits per heavy atom. The Labute approximate surface area is 65.4 Å². The molecule has 0 radical (unpaired) electrons. The van der Waals surface area contributed by atoms with E-state index < -0.39 is 0 Å². The SMILES string of the molecule is Nc1cnc2c(c1)[C@@H](N)CC2. The van der Waals surface area contributed by atoms with Crippen molar-refractivity contribution in [2.45, 2.75) is 18.9 Å². The number of anilines is 1. The van der Waals surface area contributed by atoms with Gasteiger partial charge in [-0.15, -0.1) is 0 Å². The highest BCUT2D eigenvalue weighted by molar-refractivity contribution is 5.43. The molecule has 0 aromatic carbocycles. The standard InChI is InChI=1S/C8H11N3/c9-5-3-6-7(10)1-2-8(6)11-4-5/h3-4,7H,1-2,9-10H2/t7-/m0/s1. The lowest BCUT2D eigenvalue weighted by Gasteiger charge is -2.03. The molecule has 0 amide bonds. The normalized spacial score (nSPS) is 21.7. The van der Waals surface area contributed by atoms with E-state index in [1.807, 2.05) is 6.07 Å². The van der Waals surface area contributed by atoms with Gasteiger partial charge in [0.25, 0.3) is 0 Å². The Balaban J connectivity index is 2.52. The molecule has 1 aromatic heterocycles. The van der Waals surface area contributed by atoms with Crippen LogP contribution in [0, 0.1) is 0 Å². The molecule has 1 aliphatic carbocycles. The molecular weight excluding hydrogens is 138 g/mol. The van der Waals surface area contributed by atoms with Crippen LogP contribution in [-0.2, 0) is 6.42 Å². The number of hydrogen-bond donors (Lipinski definition) is 2. The molecule has 0 spiro atoms. The van der Waals surface area contributed by atoms with Gasteiger partial charge >= 0.3 is 0 Å². The average Bonchev–Trinajstić information content (AvgIpc) is 2.33. The van der Waals surface area contributed by atoms with Gasteiger partial charge in [-0.1, -0.05) is 0 Å². The number of rotatable bonds is 0. The third-order valence-corrected chi connectivity index (χ3v) is 2.12. The predicted octanol–water partition coefficient (Wildman–Crippen LogP) is 0.610. The van der Waals surface area contributed by atoms with Gasteiger partial charge in [0, 0.05) is 11.7 Å². The van der Waals surface area contributed by atoms with Crippen molar-refractivity contribution in [3.05, 3.63) is 23.5 Å². The summed E-state index contributed by atoms with van der Waals surface area (Å²) in [5, 5.41) is 0. The van der Waals surface area contributed by atoms with Crippen LogP contribution in [0.15, 0.2) is 12.3 Å². The zero-order chi connectivity index (χ0) is 7.84. The summed E-state index contributed by atoms with van der Waals surface area (Å²) in [5.41, 5.74) is 14.4. The maximum atomic E-state index is 5.82. The van der Waals surface area contributed by atoms with Crippen molar-refractivity contribution in [2.24, 2.45) is 5.73 Å². The van der Waals surface area contributed by atoms with Gasteiger partial charge in [0.1, 0.15) is 0 Å². The zero-order valence-electron chi connectivity index (χ0n) is 6.25. The van der Waals surface area contributed by atoms with Crippen LogP contribution in [0.5, 0.6) is 0 Å². The number of nitrogens with zero attached hydrogens (tertiary/aromatic N) is 1. The molecule has 0 saturated heterocycles. The molecule has 3 heteroatoms. The molecule has 1 aliphatic rings. The number of aryl methyl sites for hydroxylation is 1. The Kier molecular flexibility index (Phi) is 1.32. The number of pyridine rings is 1. The molecule has 0 saturated carbocycles. The van der Waals surface area contributed by atoms with Crippen molar-refractivity contribution in [1.82, 2.24) is 4.98 Å². The Morgan fingerprint density at radius 2 is 2.36 bits per heavy atom. The molecule has 2 rings (SSSR count). The zero-order valence-corrected chi connectivity index (χ0v) is 6.25. The first-order valence-electron chi connectivity index (χ1n) is 3.77. The van der Waals surface area contributed by atoms with E-state index in [0.717, 1.165) is 24.1 Å². The summed E-state index contributed by atoms with van der Waals surface area (Å²) in [6.45, 7) is 0. The Morgan fingerprint density at radius 3 is 3.18 bits per heavy atom. The van der Waals surface area contributed by atoms with Crippen LogP contribution in [0.2, 0.25) is 0 Å². The highest BCUT2D eigenvalue weighted by Crippen LogP contribution is 2.28. The maximum Gasteiger partial charge on any atom is 0.0504 e. The van der Waals surface area contributed by atoms with Crippen molar-refractivity contribution in [3.8, 4) is 0 Å².